The number of anilines is 3. The molecule has 2 N–H and O–H groups in total. The van der Waals surface area contributed by atoms with E-state index in [2.05, 4.69) is 35.5 Å². The highest BCUT2D eigenvalue weighted by Crippen LogP contribution is 2.27. The smallest absolute Gasteiger partial charge is 0.228 e. The number of aromatic nitrogens is 6. The molecule has 2 aliphatic rings. The average molecular weight is 490 g/mol. The molecule has 0 spiro atoms. The molecule has 1 saturated carbocycles. The van der Waals surface area contributed by atoms with Crippen LogP contribution in [0.4, 0.5) is 22.0 Å². The number of imidazole rings is 1. The number of hydrogen-bond acceptors (Lipinski definition) is 9. The zero-order chi connectivity index (χ0) is 24.3. The highest BCUT2D eigenvalue weighted by Gasteiger charge is 2.27. The fourth-order valence-corrected chi connectivity index (χ4v) is 4.99. The van der Waals surface area contributed by atoms with Gasteiger partial charge in [0, 0.05) is 49.3 Å². The van der Waals surface area contributed by atoms with Gasteiger partial charge in [0.1, 0.15) is 5.82 Å². The average Bonchev–Trinajstić information content (AvgIpc) is 3.35. The van der Waals surface area contributed by atoms with E-state index in [1.54, 1.807) is 23.1 Å². The first-order valence-corrected chi connectivity index (χ1v) is 12.4. The minimum Gasteiger partial charge on any atom is -0.379 e. The van der Waals surface area contributed by atoms with Crippen LogP contribution in [-0.4, -0.2) is 72.8 Å². The van der Waals surface area contributed by atoms with Crippen LogP contribution in [0.25, 0.3) is 16.9 Å². The van der Waals surface area contributed by atoms with Crippen LogP contribution in [0.2, 0.25) is 0 Å². The van der Waals surface area contributed by atoms with Crippen molar-refractivity contribution < 1.29 is 9.13 Å². The minimum atomic E-state index is -0.467. The second-order valence-corrected chi connectivity index (χ2v) is 9.18. The topological polar surface area (TPSA) is 105 Å². The lowest BCUT2D eigenvalue weighted by Crippen LogP contribution is -2.46. The Bertz CT molecular complexity index is 1310. The van der Waals surface area contributed by atoms with E-state index >= 15 is 0 Å². The molecule has 1 aliphatic carbocycles. The Balaban J connectivity index is 1.13. The van der Waals surface area contributed by atoms with Crippen molar-refractivity contribution in [3.8, 4) is 11.3 Å². The molecule has 0 aromatic carbocycles. The molecule has 2 fully saturated rings. The summed E-state index contributed by atoms with van der Waals surface area (Å²) < 4.78 is 21.1. The fraction of sp³-hybridized carbons (Fsp3) is 0.400. The molecule has 0 radical (unpaired) electrons. The number of ether oxygens (including phenoxy) is 1. The third-order valence-electron chi connectivity index (χ3n) is 6.91. The van der Waals surface area contributed by atoms with E-state index in [-0.39, 0.29) is 11.8 Å². The molecular formula is C25H28FN9O. The second-order valence-electron chi connectivity index (χ2n) is 9.18. The Kier molecular flexibility index (Phi) is 6.39. The number of morpholine rings is 1. The molecule has 11 heteroatoms. The van der Waals surface area contributed by atoms with E-state index in [0.29, 0.717) is 12.1 Å². The molecule has 186 valence electrons. The van der Waals surface area contributed by atoms with Gasteiger partial charge in [-0.1, -0.05) is 0 Å². The summed E-state index contributed by atoms with van der Waals surface area (Å²) >= 11 is 0. The van der Waals surface area contributed by atoms with Crippen molar-refractivity contribution in [3.63, 3.8) is 0 Å². The maximum Gasteiger partial charge on any atom is 0.228 e. The summed E-state index contributed by atoms with van der Waals surface area (Å²) in [6.07, 6.45) is 11.2. The molecule has 36 heavy (non-hydrogen) atoms. The standard InChI is InChI=1S/C25H28FN9O/c26-20-2-1-9-27-24(20)32-25-29-14-17(15-30-25)21-16-28-23-8-7-22(33-35(21)23)31-18-3-5-19(6-4-18)34-10-12-36-13-11-34/h1-2,7-9,14-16,18-19H,3-6,10-13H2,(H,31,33)(H,27,29,30,32). The molecule has 4 aromatic rings. The Morgan fingerprint density at radius 2 is 1.72 bits per heavy atom. The number of halogens is 1. The van der Waals surface area contributed by atoms with Crippen LogP contribution >= 0.6 is 0 Å². The number of hydrogen-bond donors (Lipinski definition) is 2. The first-order chi connectivity index (χ1) is 17.7. The van der Waals surface area contributed by atoms with Crippen molar-refractivity contribution in [1.82, 2.24) is 34.4 Å². The molecular weight excluding hydrogens is 461 g/mol. The van der Waals surface area contributed by atoms with Crippen LogP contribution in [0.15, 0.2) is 49.1 Å². The minimum absolute atomic E-state index is 0.0800. The van der Waals surface area contributed by atoms with E-state index in [9.17, 15) is 4.39 Å². The number of nitrogens with one attached hydrogen (secondary N) is 2. The van der Waals surface area contributed by atoms with Crippen LogP contribution < -0.4 is 10.6 Å². The summed E-state index contributed by atoms with van der Waals surface area (Å²) in [5, 5.41) is 11.2. The number of fused-ring (bicyclic) bond motifs is 1. The van der Waals surface area contributed by atoms with Crippen molar-refractivity contribution in [1.29, 1.82) is 0 Å². The Hall–Kier alpha value is -3.70. The summed E-state index contributed by atoms with van der Waals surface area (Å²) in [5.41, 5.74) is 2.27. The zero-order valence-corrected chi connectivity index (χ0v) is 19.8. The van der Waals surface area contributed by atoms with E-state index in [4.69, 9.17) is 9.84 Å². The monoisotopic (exact) mass is 489 g/mol. The lowest BCUT2D eigenvalue weighted by atomic mass is 9.90. The van der Waals surface area contributed by atoms with Gasteiger partial charge in [0.2, 0.25) is 5.95 Å². The van der Waals surface area contributed by atoms with Gasteiger partial charge < -0.3 is 15.4 Å². The summed E-state index contributed by atoms with van der Waals surface area (Å²) in [6, 6.07) is 7.86. The largest absolute Gasteiger partial charge is 0.379 e. The molecule has 5 heterocycles. The lowest BCUT2D eigenvalue weighted by Gasteiger charge is -2.39. The second kappa shape index (κ2) is 10.1. The van der Waals surface area contributed by atoms with Gasteiger partial charge in [-0.3, -0.25) is 4.90 Å². The van der Waals surface area contributed by atoms with Crippen LogP contribution in [0.5, 0.6) is 0 Å². The SMILES string of the molecule is Fc1cccnc1Nc1ncc(-c2cnc3ccc(NC4CCC(N5CCOCC5)CC4)nn23)cn1. The number of pyridine rings is 1. The van der Waals surface area contributed by atoms with Gasteiger partial charge >= 0.3 is 0 Å². The maximum absolute atomic E-state index is 13.8. The quantitative estimate of drug-likeness (QED) is 0.421. The number of nitrogens with zero attached hydrogens (tertiary/aromatic N) is 7. The fourth-order valence-electron chi connectivity index (χ4n) is 4.99. The van der Waals surface area contributed by atoms with Gasteiger partial charge in [0.25, 0.3) is 0 Å². The molecule has 1 saturated heterocycles. The maximum atomic E-state index is 13.8. The van der Waals surface area contributed by atoms with Crippen LogP contribution in [-0.2, 0) is 4.74 Å². The van der Waals surface area contributed by atoms with E-state index in [0.717, 1.165) is 61.9 Å². The van der Waals surface area contributed by atoms with Crippen LogP contribution in [0, 0.1) is 5.82 Å². The molecule has 1 aliphatic heterocycles. The highest BCUT2D eigenvalue weighted by atomic mass is 19.1. The van der Waals surface area contributed by atoms with E-state index in [1.807, 2.05) is 12.1 Å². The van der Waals surface area contributed by atoms with Crippen molar-refractivity contribution in [2.24, 2.45) is 0 Å². The third-order valence-corrected chi connectivity index (χ3v) is 6.91. The molecule has 4 aromatic heterocycles. The van der Waals surface area contributed by atoms with Crippen LogP contribution in [0.3, 0.4) is 0 Å². The molecule has 6 rings (SSSR count). The highest BCUT2D eigenvalue weighted by molar-refractivity contribution is 5.63. The van der Waals surface area contributed by atoms with Gasteiger partial charge in [0.15, 0.2) is 17.3 Å². The van der Waals surface area contributed by atoms with E-state index in [1.165, 1.54) is 31.2 Å². The number of rotatable bonds is 6. The van der Waals surface area contributed by atoms with Crippen molar-refractivity contribution in [2.45, 2.75) is 37.8 Å². The molecule has 0 amide bonds. The van der Waals surface area contributed by atoms with Gasteiger partial charge in [-0.05, 0) is 49.9 Å². The Labute approximate surface area is 208 Å². The van der Waals surface area contributed by atoms with Gasteiger partial charge in [-0.15, -0.1) is 5.10 Å². The first-order valence-electron chi connectivity index (χ1n) is 12.4. The first kappa shape index (κ1) is 22.7. The summed E-state index contributed by atoms with van der Waals surface area (Å²) in [4.78, 5) is 19.6. The molecule has 0 atom stereocenters. The van der Waals surface area contributed by atoms with E-state index < -0.39 is 5.82 Å². The lowest BCUT2D eigenvalue weighted by molar-refractivity contribution is 0.00790. The normalized spacial score (nSPS) is 20.9. The molecule has 10 nitrogen and oxygen atoms in total. The predicted molar refractivity (Wildman–Crippen MR) is 134 cm³/mol. The van der Waals surface area contributed by atoms with Crippen LogP contribution in [0.1, 0.15) is 25.7 Å². The summed E-state index contributed by atoms with van der Waals surface area (Å²) in [7, 11) is 0. The van der Waals surface area contributed by atoms with Gasteiger partial charge in [-0.2, -0.15) is 0 Å². The summed E-state index contributed by atoms with van der Waals surface area (Å²) in [5.74, 6) is 0.691. The van der Waals surface area contributed by atoms with Crippen molar-refractivity contribution >= 4 is 23.2 Å². The van der Waals surface area contributed by atoms with Crippen molar-refractivity contribution in [3.05, 3.63) is 54.9 Å². The van der Waals surface area contributed by atoms with Gasteiger partial charge in [-0.25, -0.2) is 28.8 Å². The zero-order valence-electron chi connectivity index (χ0n) is 19.8. The summed E-state index contributed by atoms with van der Waals surface area (Å²) in [6.45, 7) is 3.79. The Morgan fingerprint density at radius 3 is 2.50 bits per heavy atom. The van der Waals surface area contributed by atoms with Crippen molar-refractivity contribution in [2.75, 3.05) is 36.9 Å². The molecule has 0 bridgehead atoms. The molecule has 0 unspecified atom stereocenters. The Morgan fingerprint density at radius 1 is 0.917 bits per heavy atom. The van der Waals surface area contributed by atoms with Gasteiger partial charge in [0.05, 0.1) is 25.1 Å². The third kappa shape index (κ3) is 4.84. The predicted octanol–water partition coefficient (Wildman–Crippen LogP) is 3.52.